The molecule has 0 aliphatic heterocycles. The summed E-state index contributed by atoms with van der Waals surface area (Å²) in [7, 11) is 3.70. The van der Waals surface area contributed by atoms with E-state index in [2.05, 4.69) is 20.6 Å². The quantitative estimate of drug-likeness (QED) is 0.776. The van der Waals surface area contributed by atoms with Crippen molar-refractivity contribution >= 4 is 34.7 Å². The molecule has 2 amide bonds. The fraction of sp³-hybridized carbons (Fsp3) is 0.133. The van der Waals surface area contributed by atoms with Crippen molar-refractivity contribution in [3.05, 3.63) is 42.6 Å². The van der Waals surface area contributed by atoms with Crippen LogP contribution in [0.15, 0.2) is 47.0 Å². The van der Waals surface area contributed by atoms with Gasteiger partial charge in [0.05, 0.1) is 0 Å². The highest BCUT2D eigenvalue weighted by molar-refractivity contribution is 6.00. The van der Waals surface area contributed by atoms with Gasteiger partial charge in [-0.05, 0) is 30.3 Å². The van der Waals surface area contributed by atoms with Crippen molar-refractivity contribution in [3.8, 4) is 0 Å². The predicted octanol–water partition coefficient (Wildman–Crippen LogP) is 2.93. The summed E-state index contributed by atoms with van der Waals surface area (Å²) in [6.45, 7) is 0. The van der Waals surface area contributed by atoms with Crippen LogP contribution in [0, 0.1) is 0 Å². The number of pyridine rings is 1. The first-order valence-corrected chi connectivity index (χ1v) is 6.69. The molecule has 0 atom stereocenters. The molecule has 1 aromatic carbocycles. The Kier molecular flexibility index (Phi) is 3.61. The first-order valence-electron chi connectivity index (χ1n) is 6.69. The molecule has 2 heterocycles. The van der Waals surface area contributed by atoms with Crippen molar-refractivity contribution in [1.82, 2.24) is 9.97 Å². The van der Waals surface area contributed by atoms with Crippen LogP contribution in [0.4, 0.5) is 22.3 Å². The van der Waals surface area contributed by atoms with E-state index >= 15 is 0 Å². The van der Waals surface area contributed by atoms with E-state index in [0.29, 0.717) is 28.6 Å². The number of aromatic nitrogens is 2. The van der Waals surface area contributed by atoms with E-state index in [-0.39, 0.29) is 6.03 Å². The summed E-state index contributed by atoms with van der Waals surface area (Å²) in [5.41, 5.74) is 1.97. The lowest BCUT2D eigenvalue weighted by atomic mass is 10.3. The fourth-order valence-corrected chi connectivity index (χ4v) is 1.90. The van der Waals surface area contributed by atoms with E-state index in [0.717, 1.165) is 0 Å². The number of amides is 2. The van der Waals surface area contributed by atoms with Crippen molar-refractivity contribution in [3.63, 3.8) is 0 Å². The Hall–Kier alpha value is -3.09. The van der Waals surface area contributed by atoms with Gasteiger partial charge in [0.1, 0.15) is 11.3 Å². The number of hydrogen-bond donors (Lipinski definition) is 2. The largest absolute Gasteiger partial charge is 0.423 e. The molecule has 7 heteroatoms. The van der Waals surface area contributed by atoms with E-state index in [1.165, 1.54) is 0 Å². The van der Waals surface area contributed by atoms with Crippen LogP contribution < -0.4 is 15.5 Å². The minimum absolute atomic E-state index is 0.366. The molecule has 0 aliphatic carbocycles. The van der Waals surface area contributed by atoms with Gasteiger partial charge in [-0.3, -0.25) is 5.32 Å². The minimum Gasteiger partial charge on any atom is -0.423 e. The van der Waals surface area contributed by atoms with Gasteiger partial charge in [0.2, 0.25) is 0 Å². The maximum absolute atomic E-state index is 11.9. The van der Waals surface area contributed by atoms with Crippen molar-refractivity contribution in [2.24, 2.45) is 0 Å². The third-order valence-corrected chi connectivity index (χ3v) is 2.92. The van der Waals surface area contributed by atoms with Crippen molar-refractivity contribution < 1.29 is 9.21 Å². The first-order chi connectivity index (χ1) is 10.6. The number of hydrogen-bond acceptors (Lipinski definition) is 5. The zero-order valence-corrected chi connectivity index (χ0v) is 12.2. The van der Waals surface area contributed by atoms with Crippen molar-refractivity contribution in [2.75, 3.05) is 29.6 Å². The maximum Gasteiger partial charge on any atom is 0.324 e. The molecule has 0 radical (unpaired) electrons. The second-order valence-electron chi connectivity index (χ2n) is 4.87. The van der Waals surface area contributed by atoms with Crippen LogP contribution in [-0.2, 0) is 0 Å². The molecule has 2 N–H and O–H groups in total. The molecular formula is C15H15N5O2. The smallest absolute Gasteiger partial charge is 0.324 e. The van der Waals surface area contributed by atoms with Gasteiger partial charge in [-0.2, -0.15) is 4.98 Å². The van der Waals surface area contributed by atoms with Crippen LogP contribution in [0.3, 0.4) is 0 Å². The number of benzene rings is 1. The van der Waals surface area contributed by atoms with Crippen molar-refractivity contribution in [2.45, 2.75) is 0 Å². The zero-order valence-electron chi connectivity index (χ0n) is 12.2. The molecular weight excluding hydrogens is 282 g/mol. The molecule has 0 spiro atoms. The number of carbonyl (C=O) groups excluding carboxylic acids is 1. The van der Waals surface area contributed by atoms with Gasteiger partial charge >= 0.3 is 6.03 Å². The summed E-state index contributed by atoms with van der Waals surface area (Å²) >= 11 is 0. The van der Waals surface area contributed by atoms with Gasteiger partial charge in [0, 0.05) is 26.0 Å². The summed E-state index contributed by atoms with van der Waals surface area (Å²) in [6, 6.07) is 10.7. The molecule has 2 aromatic heterocycles. The Morgan fingerprint density at radius 3 is 2.77 bits per heavy atom. The number of oxazole rings is 1. The second kappa shape index (κ2) is 5.72. The highest BCUT2D eigenvalue weighted by Gasteiger charge is 2.09. The average molecular weight is 297 g/mol. The molecule has 3 aromatic rings. The van der Waals surface area contributed by atoms with Gasteiger partial charge in [0.15, 0.2) is 5.58 Å². The van der Waals surface area contributed by atoms with Gasteiger partial charge in [-0.1, -0.05) is 6.07 Å². The van der Waals surface area contributed by atoms with E-state index < -0.39 is 0 Å². The van der Waals surface area contributed by atoms with Gasteiger partial charge in [-0.15, -0.1) is 0 Å². The molecule has 0 bridgehead atoms. The monoisotopic (exact) mass is 297 g/mol. The standard InChI is InChI=1S/C15H15N5O2/c1-20(2)15-18-11-9-10(6-7-12(11)22-15)17-14(21)19-13-5-3-4-8-16-13/h3-9H,1-2H3,(H2,16,17,19,21). The zero-order chi connectivity index (χ0) is 15.5. The molecule has 112 valence electrons. The average Bonchev–Trinajstić information content (AvgIpc) is 2.91. The van der Waals surface area contributed by atoms with Gasteiger partial charge in [-0.25, -0.2) is 9.78 Å². The lowest BCUT2D eigenvalue weighted by Gasteiger charge is -2.06. The van der Waals surface area contributed by atoms with E-state index in [1.54, 1.807) is 47.5 Å². The second-order valence-corrected chi connectivity index (χ2v) is 4.87. The number of carbonyl (C=O) groups is 1. The third kappa shape index (κ3) is 2.98. The summed E-state index contributed by atoms with van der Waals surface area (Å²) < 4.78 is 5.56. The normalized spacial score (nSPS) is 10.5. The molecule has 0 aliphatic rings. The summed E-state index contributed by atoms with van der Waals surface area (Å²) in [5.74, 6) is 0.484. The Morgan fingerprint density at radius 2 is 2.05 bits per heavy atom. The molecule has 0 saturated carbocycles. The van der Waals surface area contributed by atoms with Gasteiger partial charge in [0.25, 0.3) is 6.01 Å². The lowest BCUT2D eigenvalue weighted by molar-refractivity contribution is 0.262. The lowest BCUT2D eigenvalue weighted by Crippen LogP contribution is -2.19. The Morgan fingerprint density at radius 1 is 1.18 bits per heavy atom. The van der Waals surface area contributed by atoms with Crippen LogP contribution in [0.1, 0.15) is 0 Å². The van der Waals surface area contributed by atoms with E-state index in [1.807, 2.05) is 14.1 Å². The van der Waals surface area contributed by atoms with Crippen LogP contribution in [0.25, 0.3) is 11.1 Å². The van der Waals surface area contributed by atoms with Crippen LogP contribution >= 0.6 is 0 Å². The number of rotatable bonds is 3. The molecule has 0 saturated heterocycles. The maximum atomic E-state index is 11.9. The topological polar surface area (TPSA) is 83.3 Å². The van der Waals surface area contributed by atoms with Crippen molar-refractivity contribution in [1.29, 1.82) is 0 Å². The van der Waals surface area contributed by atoms with E-state index in [9.17, 15) is 4.79 Å². The summed E-state index contributed by atoms with van der Waals surface area (Å²) in [5, 5.41) is 5.38. The highest BCUT2D eigenvalue weighted by atomic mass is 16.4. The van der Waals surface area contributed by atoms with Gasteiger partial charge < -0.3 is 14.6 Å². The molecule has 0 unspecified atom stereocenters. The Labute approximate surface area is 127 Å². The van der Waals surface area contributed by atoms with Crippen LogP contribution in [0.2, 0.25) is 0 Å². The van der Waals surface area contributed by atoms with Crippen LogP contribution in [0.5, 0.6) is 0 Å². The van der Waals surface area contributed by atoms with E-state index in [4.69, 9.17) is 4.42 Å². The molecule has 3 rings (SSSR count). The Bertz CT molecular complexity index is 798. The Balaban J connectivity index is 1.74. The SMILES string of the molecule is CN(C)c1nc2cc(NC(=O)Nc3ccccn3)ccc2o1. The summed E-state index contributed by atoms with van der Waals surface area (Å²) in [6.07, 6.45) is 1.61. The minimum atomic E-state index is -0.366. The predicted molar refractivity (Wildman–Crippen MR) is 85.2 cm³/mol. The number of nitrogens with one attached hydrogen (secondary N) is 2. The first kappa shape index (κ1) is 13.9. The molecule has 0 fully saturated rings. The number of nitrogens with zero attached hydrogens (tertiary/aromatic N) is 3. The molecule has 7 nitrogen and oxygen atoms in total. The van der Waals surface area contributed by atoms with Crippen LogP contribution in [-0.4, -0.2) is 30.1 Å². The molecule has 22 heavy (non-hydrogen) atoms. The highest BCUT2D eigenvalue weighted by Crippen LogP contribution is 2.23. The number of urea groups is 1. The number of anilines is 3. The fourth-order valence-electron chi connectivity index (χ4n) is 1.90. The number of fused-ring (bicyclic) bond motifs is 1. The summed E-state index contributed by atoms with van der Waals surface area (Å²) in [4.78, 5) is 22.1. The third-order valence-electron chi connectivity index (χ3n) is 2.92.